The molecule has 1 saturated heterocycles. The molecule has 0 aliphatic carbocycles. The van der Waals surface area contributed by atoms with Gasteiger partial charge < -0.3 is 15.5 Å². The fraction of sp³-hybridized carbons (Fsp3) is 0.333. The van der Waals surface area contributed by atoms with Crippen LogP contribution in [0.3, 0.4) is 0 Å². The molecule has 0 radical (unpaired) electrons. The number of aromatic nitrogens is 2. The molecule has 3 heterocycles. The minimum Gasteiger partial charge on any atom is -0.364 e. The number of hydrogen-bond donors (Lipinski definition) is 1. The third-order valence-corrected chi connectivity index (χ3v) is 7.73. The smallest absolute Gasteiger partial charge is 0.277 e. The Morgan fingerprint density at radius 3 is 2.50 bits per heavy atom. The maximum Gasteiger partial charge on any atom is 0.277 e. The number of benzene rings is 2. The third-order valence-electron chi connectivity index (χ3n) is 7.01. The summed E-state index contributed by atoms with van der Waals surface area (Å²) >= 11 is 1.60. The Bertz CT molecular complexity index is 1400. The van der Waals surface area contributed by atoms with Gasteiger partial charge in [-0.3, -0.25) is 14.4 Å². The van der Waals surface area contributed by atoms with Gasteiger partial charge in [0.05, 0.1) is 5.69 Å². The van der Waals surface area contributed by atoms with Crippen molar-refractivity contribution in [3.63, 3.8) is 0 Å². The molecule has 0 saturated carbocycles. The molecule has 9 heteroatoms. The summed E-state index contributed by atoms with van der Waals surface area (Å²) in [6.07, 6.45) is 4.63. The topological polar surface area (TPSA) is 102 Å². The molecule has 8 nitrogen and oxygen atoms in total. The standard InChI is InChI=1S/C27H29N5O3S/c1-4-17-7-9-19(36-3)15-22(17)32-25-20(24(29-32)26(28)34)11-13-30(27(25)35)18-8-10-21(16(2)14-18)31-12-5-6-23(31)33/h7-10,14-15H,4-6,11-13H2,1-3H3,(H2,28,34). The van der Waals surface area contributed by atoms with Gasteiger partial charge in [-0.25, -0.2) is 4.68 Å². The van der Waals surface area contributed by atoms with Crippen molar-refractivity contribution in [1.29, 1.82) is 0 Å². The zero-order chi connectivity index (χ0) is 25.6. The van der Waals surface area contributed by atoms with Crippen LogP contribution in [0.25, 0.3) is 5.69 Å². The molecule has 2 aromatic carbocycles. The van der Waals surface area contributed by atoms with E-state index >= 15 is 0 Å². The summed E-state index contributed by atoms with van der Waals surface area (Å²) in [5.41, 5.74) is 11.2. The van der Waals surface area contributed by atoms with Gasteiger partial charge in [-0.1, -0.05) is 13.0 Å². The summed E-state index contributed by atoms with van der Waals surface area (Å²) in [7, 11) is 0. The molecule has 2 N–H and O–H groups in total. The number of hydrogen-bond acceptors (Lipinski definition) is 5. The van der Waals surface area contributed by atoms with Crippen molar-refractivity contribution in [3.8, 4) is 5.69 Å². The highest BCUT2D eigenvalue weighted by Gasteiger charge is 2.35. The van der Waals surface area contributed by atoms with E-state index in [4.69, 9.17) is 5.73 Å². The fourth-order valence-electron chi connectivity index (χ4n) is 5.16. The Morgan fingerprint density at radius 1 is 1.06 bits per heavy atom. The summed E-state index contributed by atoms with van der Waals surface area (Å²) in [4.78, 5) is 43.0. The number of nitrogens with zero attached hydrogens (tertiary/aromatic N) is 4. The summed E-state index contributed by atoms with van der Waals surface area (Å²) < 4.78 is 1.60. The van der Waals surface area contributed by atoms with Crippen LogP contribution in [0.15, 0.2) is 41.3 Å². The number of anilines is 2. The molecule has 0 bridgehead atoms. The first kappa shape index (κ1) is 24.1. The number of fused-ring (bicyclic) bond motifs is 1. The number of aryl methyl sites for hydroxylation is 2. The Kier molecular flexibility index (Phi) is 6.34. The minimum atomic E-state index is -0.638. The highest BCUT2D eigenvalue weighted by molar-refractivity contribution is 7.98. The van der Waals surface area contributed by atoms with E-state index in [0.717, 1.165) is 52.5 Å². The molecule has 1 aromatic heterocycles. The van der Waals surface area contributed by atoms with Crippen molar-refractivity contribution in [1.82, 2.24) is 9.78 Å². The second-order valence-corrected chi connectivity index (χ2v) is 10.0. The molecule has 0 spiro atoms. The van der Waals surface area contributed by atoms with E-state index in [-0.39, 0.29) is 17.5 Å². The molecule has 0 unspecified atom stereocenters. The number of primary amides is 1. The van der Waals surface area contributed by atoms with Crippen LogP contribution in [-0.2, 0) is 17.6 Å². The van der Waals surface area contributed by atoms with Gasteiger partial charge in [-0.2, -0.15) is 5.10 Å². The van der Waals surface area contributed by atoms with Crippen molar-refractivity contribution in [2.24, 2.45) is 5.73 Å². The zero-order valence-electron chi connectivity index (χ0n) is 20.7. The third kappa shape index (κ3) is 3.97. The second-order valence-electron chi connectivity index (χ2n) is 9.13. The van der Waals surface area contributed by atoms with Crippen LogP contribution < -0.4 is 15.5 Å². The SMILES string of the molecule is CCc1ccc(SC)cc1-n1nc(C(N)=O)c2c1C(=O)N(c1ccc(N3CCCC3=O)c(C)c1)CC2. The molecule has 0 atom stereocenters. The van der Waals surface area contributed by atoms with Gasteiger partial charge in [-0.05, 0) is 73.9 Å². The first-order valence-electron chi connectivity index (χ1n) is 12.2. The van der Waals surface area contributed by atoms with Gasteiger partial charge in [0.2, 0.25) is 5.91 Å². The minimum absolute atomic E-state index is 0.131. The van der Waals surface area contributed by atoms with Gasteiger partial charge in [-0.15, -0.1) is 11.8 Å². The van der Waals surface area contributed by atoms with E-state index in [1.807, 2.05) is 61.4 Å². The van der Waals surface area contributed by atoms with Crippen molar-refractivity contribution < 1.29 is 14.4 Å². The summed E-state index contributed by atoms with van der Waals surface area (Å²) in [6, 6.07) is 11.8. The molecule has 186 valence electrons. The number of nitrogens with two attached hydrogens (primary N) is 1. The number of amides is 3. The highest BCUT2D eigenvalue weighted by Crippen LogP contribution is 2.34. The van der Waals surface area contributed by atoms with E-state index in [1.54, 1.807) is 21.3 Å². The average Bonchev–Trinajstić information content (AvgIpc) is 3.48. The van der Waals surface area contributed by atoms with E-state index in [9.17, 15) is 14.4 Å². The number of rotatable bonds is 6. The molecular weight excluding hydrogens is 474 g/mol. The Balaban J connectivity index is 1.59. The fourth-order valence-corrected chi connectivity index (χ4v) is 5.59. The zero-order valence-corrected chi connectivity index (χ0v) is 21.5. The van der Waals surface area contributed by atoms with E-state index in [0.29, 0.717) is 30.6 Å². The van der Waals surface area contributed by atoms with Crippen LogP contribution in [0.1, 0.15) is 57.4 Å². The van der Waals surface area contributed by atoms with Crippen LogP contribution in [0.2, 0.25) is 0 Å². The molecule has 5 rings (SSSR count). The van der Waals surface area contributed by atoms with E-state index in [2.05, 4.69) is 5.10 Å². The van der Waals surface area contributed by atoms with Crippen LogP contribution in [0, 0.1) is 6.92 Å². The monoisotopic (exact) mass is 503 g/mol. The predicted octanol–water partition coefficient (Wildman–Crippen LogP) is 3.89. The summed E-state index contributed by atoms with van der Waals surface area (Å²) in [5, 5.41) is 4.56. The van der Waals surface area contributed by atoms with Gasteiger partial charge >= 0.3 is 0 Å². The summed E-state index contributed by atoms with van der Waals surface area (Å²) in [6.45, 7) is 5.13. The van der Waals surface area contributed by atoms with E-state index < -0.39 is 5.91 Å². The van der Waals surface area contributed by atoms with Gasteiger partial charge in [0.1, 0.15) is 5.69 Å². The van der Waals surface area contributed by atoms with Crippen LogP contribution in [0.5, 0.6) is 0 Å². The largest absolute Gasteiger partial charge is 0.364 e. The van der Waals surface area contributed by atoms with Crippen molar-refractivity contribution in [3.05, 3.63) is 64.5 Å². The first-order chi connectivity index (χ1) is 17.3. The van der Waals surface area contributed by atoms with Gasteiger partial charge in [0.15, 0.2) is 5.69 Å². The van der Waals surface area contributed by atoms with Crippen LogP contribution in [-0.4, -0.2) is 46.8 Å². The van der Waals surface area contributed by atoms with Crippen molar-refractivity contribution >= 4 is 40.9 Å². The molecule has 2 aliphatic heterocycles. The normalized spacial score (nSPS) is 15.5. The van der Waals surface area contributed by atoms with Crippen LogP contribution >= 0.6 is 11.8 Å². The lowest BCUT2D eigenvalue weighted by molar-refractivity contribution is -0.117. The number of carbonyl (C=O) groups excluding carboxylic acids is 3. The maximum absolute atomic E-state index is 13.9. The van der Waals surface area contributed by atoms with Crippen LogP contribution in [0.4, 0.5) is 11.4 Å². The quantitative estimate of drug-likeness (QED) is 0.514. The van der Waals surface area contributed by atoms with E-state index in [1.165, 1.54) is 0 Å². The Labute approximate surface area is 214 Å². The molecule has 3 amide bonds. The van der Waals surface area contributed by atoms with Crippen molar-refractivity contribution in [2.45, 2.75) is 44.4 Å². The highest BCUT2D eigenvalue weighted by atomic mass is 32.2. The molecule has 3 aromatic rings. The maximum atomic E-state index is 13.9. The lowest BCUT2D eigenvalue weighted by Gasteiger charge is -2.29. The number of carbonyl (C=O) groups is 3. The Hall–Kier alpha value is -3.59. The molecule has 1 fully saturated rings. The second kappa shape index (κ2) is 9.46. The van der Waals surface area contributed by atoms with Gasteiger partial charge in [0.25, 0.3) is 11.8 Å². The summed E-state index contributed by atoms with van der Waals surface area (Å²) in [5.74, 6) is -0.732. The lowest BCUT2D eigenvalue weighted by Crippen LogP contribution is -2.39. The van der Waals surface area contributed by atoms with Crippen molar-refractivity contribution in [2.75, 3.05) is 29.1 Å². The lowest BCUT2D eigenvalue weighted by atomic mass is 10.0. The Morgan fingerprint density at radius 2 is 1.86 bits per heavy atom. The average molecular weight is 504 g/mol. The predicted molar refractivity (Wildman–Crippen MR) is 141 cm³/mol. The number of thioether (sulfide) groups is 1. The molecule has 36 heavy (non-hydrogen) atoms. The first-order valence-corrected chi connectivity index (χ1v) is 13.4. The molecular formula is C27H29N5O3S. The molecule has 2 aliphatic rings. The van der Waals surface area contributed by atoms with Gasteiger partial charge in [0, 0.05) is 41.3 Å².